The van der Waals surface area contributed by atoms with Gasteiger partial charge >= 0.3 is 0 Å². The second-order valence-corrected chi connectivity index (χ2v) is 7.50. The van der Waals surface area contributed by atoms with E-state index in [1.54, 1.807) is 12.1 Å². The molecule has 4 rings (SSSR count). The van der Waals surface area contributed by atoms with E-state index in [4.69, 9.17) is 4.42 Å². The topological polar surface area (TPSA) is 58.4 Å². The lowest BCUT2D eigenvalue weighted by molar-refractivity contribution is 0.0945. The van der Waals surface area contributed by atoms with Crippen molar-refractivity contribution in [2.45, 2.75) is 45.4 Å². The van der Waals surface area contributed by atoms with Crippen LogP contribution in [0.25, 0.3) is 0 Å². The highest BCUT2D eigenvalue weighted by Gasteiger charge is 2.30. The third-order valence-electron chi connectivity index (χ3n) is 5.19. The first-order valence-corrected chi connectivity index (χ1v) is 9.84. The number of benzene rings is 2. The van der Waals surface area contributed by atoms with Crippen molar-refractivity contribution in [3.8, 4) is 0 Å². The maximum absolute atomic E-state index is 13.0. The van der Waals surface area contributed by atoms with Crippen molar-refractivity contribution in [2.75, 3.05) is 0 Å². The number of nitrogens with zero attached hydrogens (tertiary/aromatic N) is 2. The Morgan fingerprint density at radius 2 is 1.93 bits per heavy atom. The Bertz CT molecular complexity index is 980. The normalized spacial score (nSPS) is 13.6. The summed E-state index contributed by atoms with van der Waals surface area (Å²) in [5, 5.41) is 2.79. The molecule has 0 atom stereocenters. The van der Waals surface area contributed by atoms with Gasteiger partial charge in [-0.15, -0.1) is 0 Å². The van der Waals surface area contributed by atoms with Crippen molar-refractivity contribution in [1.29, 1.82) is 0 Å². The smallest absolute Gasteiger partial charge is 0.273 e. The summed E-state index contributed by atoms with van der Waals surface area (Å²) in [5.41, 5.74) is 3.64. The molecule has 3 aromatic rings. The SMILES string of the molecule is Cc1ccccc1CN(Cc1nc(C(=O)NCc2ccc(F)cc2)co1)C1CC1. The number of hydrogen-bond donors (Lipinski definition) is 1. The first-order valence-electron chi connectivity index (χ1n) is 9.84. The molecule has 0 spiro atoms. The Labute approximate surface area is 169 Å². The summed E-state index contributed by atoms with van der Waals surface area (Å²) in [4.78, 5) is 19.1. The van der Waals surface area contributed by atoms with E-state index in [1.807, 2.05) is 6.07 Å². The highest BCUT2D eigenvalue weighted by atomic mass is 19.1. The van der Waals surface area contributed by atoms with E-state index in [0.717, 1.165) is 12.1 Å². The summed E-state index contributed by atoms with van der Waals surface area (Å²) in [6.07, 6.45) is 3.75. The van der Waals surface area contributed by atoms with Gasteiger partial charge in [0, 0.05) is 19.1 Å². The first kappa shape index (κ1) is 19.3. The van der Waals surface area contributed by atoms with Crippen LogP contribution in [-0.4, -0.2) is 21.8 Å². The number of halogens is 1. The Morgan fingerprint density at radius 3 is 2.66 bits per heavy atom. The zero-order chi connectivity index (χ0) is 20.2. The van der Waals surface area contributed by atoms with Crippen LogP contribution in [0.4, 0.5) is 4.39 Å². The lowest BCUT2D eigenvalue weighted by Crippen LogP contribution is -2.26. The highest BCUT2D eigenvalue weighted by Crippen LogP contribution is 2.30. The van der Waals surface area contributed by atoms with E-state index in [9.17, 15) is 9.18 Å². The van der Waals surface area contributed by atoms with Crippen LogP contribution in [-0.2, 0) is 19.6 Å². The molecule has 1 N–H and O–H groups in total. The molecular weight excluding hydrogens is 369 g/mol. The van der Waals surface area contributed by atoms with Crippen LogP contribution in [0.15, 0.2) is 59.2 Å². The van der Waals surface area contributed by atoms with Gasteiger partial charge in [-0.05, 0) is 48.6 Å². The second-order valence-electron chi connectivity index (χ2n) is 7.50. The van der Waals surface area contributed by atoms with Crippen molar-refractivity contribution in [2.24, 2.45) is 0 Å². The number of oxazole rings is 1. The predicted octanol–water partition coefficient (Wildman–Crippen LogP) is 4.22. The minimum atomic E-state index is -0.304. The minimum Gasteiger partial charge on any atom is -0.447 e. The minimum absolute atomic E-state index is 0.258. The van der Waals surface area contributed by atoms with Gasteiger partial charge in [-0.1, -0.05) is 36.4 Å². The molecule has 29 heavy (non-hydrogen) atoms. The van der Waals surface area contributed by atoms with Gasteiger partial charge in [0.2, 0.25) is 5.89 Å². The molecule has 0 bridgehead atoms. The maximum atomic E-state index is 13.0. The standard InChI is InChI=1S/C23H24FN3O2/c1-16-4-2-3-5-18(16)13-27(20-10-11-20)14-22-26-21(15-29-22)23(28)25-12-17-6-8-19(24)9-7-17/h2-9,15,20H,10-14H2,1H3,(H,25,28). The fourth-order valence-electron chi connectivity index (χ4n) is 3.30. The number of carbonyl (C=O) groups excluding carboxylic acids is 1. The van der Waals surface area contributed by atoms with Crippen molar-refractivity contribution < 1.29 is 13.6 Å². The van der Waals surface area contributed by atoms with Gasteiger partial charge < -0.3 is 9.73 Å². The average molecular weight is 393 g/mol. The molecule has 0 unspecified atom stereocenters. The van der Waals surface area contributed by atoms with Gasteiger partial charge in [0.1, 0.15) is 12.1 Å². The summed E-state index contributed by atoms with van der Waals surface area (Å²) in [7, 11) is 0. The molecule has 0 radical (unpaired) electrons. The number of carbonyl (C=O) groups is 1. The molecule has 0 saturated heterocycles. The third-order valence-corrected chi connectivity index (χ3v) is 5.19. The molecule has 1 aromatic heterocycles. The number of aryl methyl sites for hydroxylation is 1. The van der Waals surface area contributed by atoms with Gasteiger partial charge in [0.25, 0.3) is 5.91 Å². The van der Waals surface area contributed by atoms with E-state index >= 15 is 0 Å². The molecular formula is C23H24FN3O2. The summed E-state index contributed by atoms with van der Waals surface area (Å²) < 4.78 is 18.5. The molecule has 2 aromatic carbocycles. The van der Waals surface area contributed by atoms with Gasteiger partial charge in [0.05, 0.1) is 6.54 Å². The van der Waals surface area contributed by atoms with Crippen LogP contribution in [0.1, 0.15) is 45.9 Å². The van der Waals surface area contributed by atoms with Gasteiger partial charge in [-0.2, -0.15) is 0 Å². The Hall–Kier alpha value is -2.99. The monoisotopic (exact) mass is 393 g/mol. The largest absolute Gasteiger partial charge is 0.447 e. The van der Waals surface area contributed by atoms with Gasteiger partial charge in [-0.25, -0.2) is 9.37 Å². The molecule has 1 heterocycles. The molecule has 6 heteroatoms. The van der Waals surface area contributed by atoms with Crippen molar-refractivity contribution in [1.82, 2.24) is 15.2 Å². The highest BCUT2D eigenvalue weighted by molar-refractivity contribution is 5.91. The zero-order valence-electron chi connectivity index (χ0n) is 16.4. The molecule has 1 saturated carbocycles. The van der Waals surface area contributed by atoms with Crippen LogP contribution >= 0.6 is 0 Å². The van der Waals surface area contributed by atoms with Crippen LogP contribution < -0.4 is 5.32 Å². The number of rotatable bonds is 8. The van der Waals surface area contributed by atoms with Gasteiger partial charge in [0.15, 0.2) is 5.69 Å². The number of amides is 1. The fraction of sp³-hybridized carbons (Fsp3) is 0.304. The molecule has 150 valence electrons. The molecule has 1 fully saturated rings. The van der Waals surface area contributed by atoms with Crippen molar-refractivity contribution in [3.05, 3.63) is 88.9 Å². The van der Waals surface area contributed by atoms with E-state index in [2.05, 4.69) is 40.3 Å². The average Bonchev–Trinajstić information content (AvgIpc) is 3.47. The molecule has 1 aliphatic carbocycles. The Morgan fingerprint density at radius 1 is 1.17 bits per heavy atom. The van der Waals surface area contributed by atoms with Gasteiger partial charge in [-0.3, -0.25) is 9.69 Å². The molecule has 1 aliphatic rings. The van der Waals surface area contributed by atoms with E-state index in [0.29, 0.717) is 25.0 Å². The van der Waals surface area contributed by atoms with Crippen molar-refractivity contribution in [3.63, 3.8) is 0 Å². The van der Waals surface area contributed by atoms with Crippen LogP contribution in [0.5, 0.6) is 0 Å². The van der Waals surface area contributed by atoms with E-state index in [1.165, 1.54) is 42.4 Å². The van der Waals surface area contributed by atoms with Crippen molar-refractivity contribution >= 4 is 5.91 Å². The zero-order valence-corrected chi connectivity index (χ0v) is 16.4. The first-order chi connectivity index (χ1) is 14.1. The number of hydrogen-bond acceptors (Lipinski definition) is 4. The lowest BCUT2D eigenvalue weighted by atomic mass is 10.1. The van der Waals surface area contributed by atoms with Crippen LogP contribution in [0.2, 0.25) is 0 Å². The Balaban J connectivity index is 1.36. The predicted molar refractivity (Wildman–Crippen MR) is 108 cm³/mol. The lowest BCUT2D eigenvalue weighted by Gasteiger charge is -2.21. The Kier molecular flexibility index (Phi) is 5.71. The number of aromatic nitrogens is 1. The second kappa shape index (κ2) is 8.57. The summed E-state index contributed by atoms with van der Waals surface area (Å²) >= 11 is 0. The number of nitrogens with one attached hydrogen (secondary N) is 1. The molecule has 1 amide bonds. The molecule has 5 nitrogen and oxygen atoms in total. The summed E-state index contributed by atoms with van der Waals surface area (Å²) in [6.45, 7) is 3.84. The van der Waals surface area contributed by atoms with Crippen LogP contribution in [0, 0.1) is 12.7 Å². The van der Waals surface area contributed by atoms with E-state index in [-0.39, 0.29) is 17.4 Å². The maximum Gasteiger partial charge on any atom is 0.273 e. The fourth-order valence-corrected chi connectivity index (χ4v) is 3.30. The third kappa shape index (κ3) is 5.09. The van der Waals surface area contributed by atoms with Crippen LogP contribution in [0.3, 0.4) is 0 Å². The van der Waals surface area contributed by atoms with E-state index < -0.39 is 0 Å². The summed E-state index contributed by atoms with van der Waals surface area (Å²) in [6, 6.07) is 14.9. The quantitative estimate of drug-likeness (QED) is 0.623. The molecule has 0 aliphatic heterocycles. The summed E-state index contributed by atoms with van der Waals surface area (Å²) in [5.74, 6) is -0.0641.